The molecule has 0 aliphatic heterocycles. The molecule has 0 aliphatic rings. The summed E-state index contributed by atoms with van der Waals surface area (Å²) in [7, 11) is 0. The maximum absolute atomic E-state index is 11.5. The van der Waals surface area contributed by atoms with Gasteiger partial charge in [0.2, 0.25) is 0 Å². The summed E-state index contributed by atoms with van der Waals surface area (Å²) in [5, 5.41) is 14.0. The lowest BCUT2D eigenvalue weighted by molar-refractivity contribution is 0.0701. The number of carbonyl (C=O) groups is 1. The molecule has 1 heterocycles. The largest absolute Gasteiger partial charge is 0.477 e. The van der Waals surface area contributed by atoms with Gasteiger partial charge in [0.1, 0.15) is 4.88 Å². The Bertz CT molecular complexity index is 824. The van der Waals surface area contributed by atoms with Crippen LogP contribution in [-0.2, 0) is 13.0 Å². The van der Waals surface area contributed by atoms with Crippen LogP contribution in [0.2, 0.25) is 0 Å². The van der Waals surface area contributed by atoms with Crippen LogP contribution < -0.4 is 5.32 Å². The van der Waals surface area contributed by atoms with Crippen molar-refractivity contribution in [2.24, 2.45) is 0 Å². The number of thiophene rings is 1. The third kappa shape index (κ3) is 3.22. The molecule has 0 fully saturated rings. The van der Waals surface area contributed by atoms with Crippen LogP contribution in [0.5, 0.6) is 0 Å². The van der Waals surface area contributed by atoms with Gasteiger partial charge in [-0.3, -0.25) is 0 Å². The maximum Gasteiger partial charge on any atom is 0.346 e. The van der Waals surface area contributed by atoms with Crippen molar-refractivity contribution in [2.45, 2.75) is 26.3 Å². The summed E-state index contributed by atoms with van der Waals surface area (Å²) in [5.41, 5.74) is 3.17. The Hall–Kier alpha value is -2.33. The second-order valence-electron chi connectivity index (χ2n) is 5.48. The summed E-state index contributed by atoms with van der Waals surface area (Å²) >= 11 is 1.37. The van der Waals surface area contributed by atoms with Gasteiger partial charge >= 0.3 is 5.97 Å². The van der Waals surface area contributed by atoms with Gasteiger partial charge in [0.05, 0.1) is 0 Å². The van der Waals surface area contributed by atoms with Crippen molar-refractivity contribution < 1.29 is 9.90 Å². The van der Waals surface area contributed by atoms with Gasteiger partial charge in [-0.25, -0.2) is 4.79 Å². The minimum atomic E-state index is -0.830. The van der Waals surface area contributed by atoms with Crippen LogP contribution in [0, 0.1) is 0 Å². The van der Waals surface area contributed by atoms with E-state index < -0.39 is 5.97 Å². The highest BCUT2D eigenvalue weighted by Gasteiger charge is 2.19. The van der Waals surface area contributed by atoms with Crippen molar-refractivity contribution in [3.05, 3.63) is 64.5 Å². The van der Waals surface area contributed by atoms with E-state index in [-0.39, 0.29) is 0 Å². The Kier molecular flexibility index (Phi) is 4.63. The van der Waals surface area contributed by atoms with Crippen LogP contribution in [0.15, 0.2) is 48.5 Å². The molecule has 2 aromatic carbocycles. The van der Waals surface area contributed by atoms with E-state index in [0.29, 0.717) is 4.88 Å². The SMILES string of the molecule is CCCc1c(C(=O)O)sc2cccc(NCc3ccccc3)c12. The van der Waals surface area contributed by atoms with E-state index in [2.05, 4.69) is 24.4 Å². The Morgan fingerprint density at radius 2 is 1.91 bits per heavy atom. The first-order valence-corrected chi connectivity index (χ1v) is 8.57. The lowest BCUT2D eigenvalue weighted by Crippen LogP contribution is -2.01. The molecule has 0 aliphatic carbocycles. The molecule has 0 unspecified atom stereocenters. The molecule has 23 heavy (non-hydrogen) atoms. The van der Waals surface area contributed by atoms with Gasteiger partial charge in [0, 0.05) is 22.3 Å². The Labute approximate surface area is 139 Å². The molecule has 1 aromatic heterocycles. The van der Waals surface area contributed by atoms with Gasteiger partial charge in [-0.1, -0.05) is 49.7 Å². The maximum atomic E-state index is 11.5. The zero-order valence-electron chi connectivity index (χ0n) is 13.0. The standard InChI is InChI=1S/C19H19NO2S/c1-2-7-14-17-15(20-12-13-8-4-3-5-9-13)10-6-11-16(17)23-18(14)19(21)22/h3-6,8-11,20H,2,7,12H2,1H3,(H,21,22). The monoisotopic (exact) mass is 325 g/mol. The molecule has 0 amide bonds. The molecule has 3 nitrogen and oxygen atoms in total. The number of benzene rings is 2. The van der Waals surface area contributed by atoms with Crippen molar-refractivity contribution in [3.8, 4) is 0 Å². The summed E-state index contributed by atoms with van der Waals surface area (Å²) in [5.74, 6) is -0.830. The van der Waals surface area contributed by atoms with Crippen LogP contribution >= 0.6 is 11.3 Å². The van der Waals surface area contributed by atoms with Crippen molar-refractivity contribution >= 4 is 33.1 Å². The molecular formula is C19H19NO2S. The van der Waals surface area contributed by atoms with Gasteiger partial charge < -0.3 is 10.4 Å². The van der Waals surface area contributed by atoms with Gasteiger partial charge in [0.25, 0.3) is 0 Å². The van der Waals surface area contributed by atoms with Crippen LogP contribution in [0.1, 0.15) is 34.1 Å². The highest BCUT2D eigenvalue weighted by Crippen LogP contribution is 2.37. The number of carboxylic acid groups (broad SMARTS) is 1. The van der Waals surface area contributed by atoms with E-state index in [9.17, 15) is 9.90 Å². The third-order valence-electron chi connectivity index (χ3n) is 3.83. The van der Waals surface area contributed by atoms with Crippen molar-refractivity contribution in [3.63, 3.8) is 0 Å². The average molecular weight is 325 g/mol. The minimum absolute atomic E-state index is 0.468. The molecule has 0 atom stereocenters. The first kappa shape index (κ1) is 15.6. The smallest absolute Gasteiger partial charge is 0.346 e. The first-order valence-electron chi connectivity index (χ1n) is 7.76. The number of hydrogen-bond acceptors (Lipinski definition) is 3. The van der Waals surface area contributed by atoms with E-state index in [4.69, 9.17) is 0 Å². The fraction of sp³-hybridized carbons (Fsp3) is 0.211. The number of anilines is 1. The average Bonchev–Trinajstić information content (AvgIpc) is 2.94. The molecule has 3 rings (SSSR count). The molecular weight excluding hydrogens is 306 g/mol. The van der Waals surface area contributed by atoms with Crippen LogP contribution in [-0.4, -0.2) is 11.1 Å². The second-order valence-corrected chi connectivity index (χ2v) is 6.53. The van der Waals surface area contributed by atoms with Crippen molar-refractivity contribution in [2.75, 3.05) is 5.32 Å². The molecule has 3 aromatic rings. The quantitative estimate of drug-likeness (QED) is 0.658. The van der Waals surface area contributed by atoms with Crippen LogP contribution in [0.25, 0.3) is 10.1 Å². The first-order chi connectivity index (χ1) is 11.2. The van der Waals surface area contributed by atoms with Gasteiger partial charge in [0.15, 0.2) is 0 Å². The normalized spacial score (nSPS) is 10.8. The molecule has 0 bridgehead atoms. The summed E-state index contributed by atoms with van der Waals surface area (Å²) in [6.07, 6.45) is 1.71. The third-order valence-corrected chi connectivity index (χ3v) is 5.02. The van der Waals surface area contributed by atoms with Gasteiger partial charge in [-0.15, -0.1) is 11.3 Å². The van der Waals surface area contributed by atoms with E-state index >= 15 is 0 Å². The predicted octanol–water partition coefficient (Wildman–Crippen LogP) is 5.16. The number of aryl methyl sites for hydroxylation is 1. The molecule has 0 saturated heterocycles. The topological polar surface area (TPSA) is 49.3 Å². The van der Waals surface area contributed by atoms with Gasteiger partial charge in [-0.2, -0.15) is 0 Å². The molecule has 2 N–H and O–H groups in total. The van der Waals surface area contributed by atoms with Crippen LogP contribution in [0.4, 0.5) is 5.69 Å². The van der Waals surface area contributed by atoms with E-state index in [0.717, 1.165) is 40.7 Å². The van der Waals surface area contributed by atoms with E-state index in [1.165, 1.54) is 16.9 Å². The second kappa shape index (κ2) is 6.84. The fourth-order valence-electron chi connectivity index (χ4n) is 2.81. The van der Waals surface area contributed by atoms with Crippen LogP contribution in [0.3, 0.4) is 0 Å². The molecule has 0 saturated carbocycles. The van der Waals surface area contributed by atoms with E-state index in [1.54, 1.807) is 0 Å². The fourth-order valence-corrected chi connectivity index (χ4v) is 3.93. The lowest BCUT2D eigenvalue weighted by atomic mass is 10.0. The van der Waals surface area contributed by atoms with Crippen molar-refractivity contribution in [1.82, 2.24) is 0 Å². The molecule has 4 heteroatoms. The number of rotatable bonds is 6. The number of nitrogens with one attached hydrogen (secondary N) is 1. The minimum Gasteiger partial charge on any atom is -0.477 e. The Balaban J connectivity index is 2.01. The molecule has 118 valence electrons. The number of hydrogen-bond donors (Lipinski definition) is 2. The molecule has 0 radical (unpaired) electrons. The zero-order valence-corrected chi connectivity index (χ0v) is 13.8. The summed E-state index contributed by atoms with van der Waals surface area (Å²) < 4.78 is 1.03. The zero-order chi connectivity index (χ0) is 16.2. The highest BCUT2D eigenvalue weighted by atomic mass is 32.1. The molecule has 0 spiro atoms. The Morgan fingerprint density at radius 1 is 1.13 bits per heavy atom. The summed E-state index contributed by atoms with van der Waals surface area (Å²) in [6.45, 7) is 2.80. The summed E-state index contributed by atoms with van der Waals surface area (Å²) in [6, 6.07) is 16.2. The Morgan fingerprint density at radius 3 is 2.61 bits per heavy atom. The summed E-state index contributed by atoms with van der Waals surface area (Å²) in [4.78, 5) is 12.0. The highest BCUT2D eigenvalue weighted by molar-refractivity contribution is 7.21. The number of aromatic carboxylic acids is 1. The number of carboxylic acids is 1. The number of fused-ring (bicyclic) bond motifs is 1. The van der Waals surface area contributed by atoms with Crippen molar-refractivity contribution in [1.29, 1.82) is 0 Å². The van der Waals surface area contributed by atoms with E-state index in [1.807, 2.05) is 36.4 Å². The van der Waals surface area contributed by atoms with Gasteiger partial charge in [-0.05, 0) is 29.7 Å². The lowest BCUT2D eigenvalue weighted by Gasteiger charge is -2.10. The predicted molar refractivity (Wildman–Crippen MR) is 96.5 cm³/mol.